The molecule has 0 bridgehead atoms. The Bertz CT molecular complexity index is 565. The first kappa shape index (κ1) is 15.9. The number of aromatic nitrogens is 2. The minimum Gasteiger partial charge on any atom is -0.492 e. The largest absolute Gasteiger partial charge is 0.492 e. The molecule has 0 aliphatic heterocycles. The second kappa shape index (κ2) is 7.48. The molecule has 1 aromatic carbocycles. The van der Waals surface area contributed by atoms with E-state index in [9.17, 15) is 0 Å². The molecule has 1 atom stereocenters. The molecular weight excluding hydrogens is 286 g/mol. The van der Waals surface area contributed by atoms with Crippen molar-refractivity contribution in [3.8, 4) is 5.75 Å². The van der Waals surface area contributed by atoms with Crippen LogP contribution in [0.15, 0.2) is 30.3 Å². The number of nitrogens with zero attached hydrogens (tertiary/aromatic N) is 2. The summed E-state index contributed by atoms with van der Waals surface area (Å²) in [5.41, 5.74) is 2.29. The van der Waals surface area contributed by atoms with Crippen LogP contribution in [0, 0.1) is 6.92 Å². The number of benzene rings is 1. The SMILES string of the molecule is CCn1nc(C)cc1CC(COc1ccc(Cl)cc1)NC. The van der Waals surface area contributed by atoms with Crippen molar-refractivity contribution in [1.29, 1.82) is 0 Å². The van der Waals surface area contributed by atoms with Crippen molar-refractivity contribution in [3.05, 3.63) is 46.7 Å². The lowest BCUT2D eigenvalue weighted by molar-refractivity contribution is 0.267. The van der Waals surface area contributed by atoms with Gasteiger partial charge in [0.2, 0.25) is 0 Å². The first-order valence-corrected chi connectivity index (χ1v) is 7.59. The predicted molar refractivity (Wildman–Crippen MR) is 86.1 cm³/mol. The van der Waals surface area contributed by atoms with Crippen molar-refractivity contribution in [2.45, 2.75) is 32.9 Å². The van der Waals surface area contributed by atoms with E-state index >= 15 is 0 Å². The molecule has 21 heavy (non-hydrogen) atoms. The van der Waals surface area contributed by atoms with E-state index < -0.39 is 0 Å². The van der Waals surface area contributed by atoms with Gasteiger partial charge < -0.3 is 10.1 Å². The molecule has 0 saturated carbocycles. The van der Waals surface area contributed by atoms with E-state index in [4.69, 9.17) is 16.3 Å². The van der Waals surface area contributed by atoms with Gasteiger partial charge in [0.1, 0.15) is 12.4 Å². The van der Waals surface area contributed by atoms with Gasteiger partial charge in [-0.05, 0) is 51.2 Å². The molecule has 1 heterocycles. The second-order valence-corrected chi connectivity index (χ2v) is 5.48. The van der Waals surface area contributed by atoms with Gasteiger partial charge in [-0.1, -0.05) is 11.6 Å². The number of likely N-dealkylation sites (N-methyl/N-ethyl adjacent to an activating group) is 1. The highest BCUT2D eigenvalue weighted by Crippen LogP contribution is 2.16. The van der Waals surface area contributed by atoms with Crippen molar-refractivity contribution < 1.29 is 4.74 Å². The van der Waals surface area contributed by atoms with Crippen molar-refractivity contribution >= 4 is 11.6 Å². The number of hydrogen-bond acceptors (Lipinski definition) is 3. The molecule has 114 valence electrons. The lowest BCUT2D eigenvalue weighted by Crippen LogP contribution is -2.34. The zero-order valence-corrected chi connectivity index (χ0v) is 13.5. The van der Waals surface area contributed by atoms with Crippen LogP contribution in [-0.4, -0.2) is 29.5 Å². The third kappa shape index (κ3) is 4.48. The smallest absolute Gasteiger partial charge is 0.119 e. The highest BCUT2D eigenvalue weighted by molar-refractivity contribution is 6.30. The van der Waals surface area contributed by atoms with Crippen molar-refractivity contribution in [2.24, 2.45) is 0 Å². The Kier molecular flexibility index (Phi) is 5.65. The number of halogens is 1. The summed E-state index contributed by atoms with van der Waals surface area (Å²) in [6.07, 6.45) is 0.888. The van der Waals surface area contributed by atoms with Crippen LogP contribution in [0.2, 0.25) is 5.02 Å². The molecule has 0 fully saturated rings. The Morgan fingerprint density at radius 3 is 2.67 bits per heavy atom. The van der Waals surface area contributed by atoms with Gasteiger partial charge in [-0.2, -0.15) is 5.10 Å². The molecule has 0 amide bonds. The zero-order chi connectivity index (χ0) is 15.2. The molecule has 0 aliphatic carbocycles. The molecule has 1 unspecified atom stereocenters. The summed E-state index contributed by atoms with van der Waals surface area (Å²) in [6.45, 7) is 5.62. The minimum atomic E-state index is 0.238. The summed E-state index contributed by atoms with van der Waals surface area (Å²) in [7, 11) is 1.95. The Hall–Kier alpha value is -1.52. The van der Waals surface area contributed by atoms with Gasteiger partial charge in [-0.3, -0.25) is 4.68 Å². The fourth-order valence-corrected chi connectivity index (χ4v) is 2.39. The van der Waals surface area contributed by atoms with E-state index in [-0.39, 0.29) is 6.04 Å². The van der Waals surface area contributed by atoms with E-state index in [0.29, 0.717) is 6.61 Å². The van der Waals surface area contributed by atoms with Gasteiger partial charge in [0.25, 0.3) is 0 Å². The lowest BCUT2D eigenvalue weighted by atomic mass is 10.1. The molecule has 5 heteroatoms. The van der Waals surface area contributed by atoms with Gasteiger partial charge in [0.05, 0.1) is 5.69 Å². The van der Waals surface area contributed by atoms with Crippen LogP contribution < -0.4 is 10.1 Å². The van der Waals surface area contributed by atoms with Gasteiger partial charge in [0, 0.05) is 29.7 Å². The number of nitrogens with one attached hydrogen (secondary N) is 1. The maximum atomic E-state index is 5.87. The summed E-state index contributed by atoms with van der Waals surface area (Å²) >= 11 is 5.87. The Morgan fingerprint density at radius 2 is 2.05 bits per heavy atom. The number of ether oxygens (including phenoxy) is 1. The molecule has 4 nitrogen and oxygen atoms in total. The van der Waals surface area contributed by atoms with Crippen LogP contribution in [-0.2, 0) is 13.0 Å². The van der Waals surface area contributed by atoms with Crippen LogP contribution in [0.5, 0.6) is 5.75 Å². The van der Waals surface area contributed by atoms with E-state index in [0.717, 1.165) is 29.4 Å². The third-order valence-corrected chi connectivity index (χ3v) is 3.67. The number of aryl methyl sites for hydroxylation is 2. The standard InChI is InChI=1S/C16H22ClN3O/c1-4-20-15(9-12(2)19-20)10-14(18-3)11-21-16-7-5-13(17)6-8-16/h5-9,14,18H,4,10-11H2,1-3H3. The van der Waals surface area contributed by atoms with Crippen LogP contribution in [0.3, 0.4) is 0 Å². The molecular formula is C16H22ClN3O. The highest BCUT2D eigenvalue weighted by Gasteiger charge is 2.12. The van der Waals surface area contributed by atoms with E-state index in [1.165, 1.54) is 5.69 Å². The fraction of sp³-hybridized carbons (Fsp3) is 0.438. The van der Waals surface area contributed by atoms with Gasteiger partial charge >= 0.3 is 0 Å². The van der Waals surface area contributed by atoms with Crippen molar-refractivity contribution in [1.82, 2.24) is 15.1 Å². The molecule has 0 saturated heterocycles. The van der Waals surface area contributed by atoms with Crippen LogP contribution >= 0.6 is 11.6 Å². The molecule has 2 aromatic rings. The Morgan fingerprint density at radius 1 is 1.33 bits per heavy atom. The van der Waals surface area contributed by atoms with Gasteiger partial charge in [-0.15, -0.1) is 0 Å². The summed E-state index contributed by atoms with van der Waals surface area (Å²) in [6, 6.07) is 9.81. The zero-order valence-electron chi connectivity index (χ0n) is 12.8. The minimum absolute atomic E-state index is 0.238. The second-order valence-electron chi connectivity index (χ2n) is 5.05. The average Bonchev–Trinajstić information content (AvgIpc) is 2.85. The molecule has 2 rings (SSSR count). The number of hydrogen-bond donors (Lipinski definition) is 1. The van der Waals surface area contributed by atoms with Crippen LogP contribution in [0.1, 0.15) is 18.3 Å². The molecule has 1 aromatic heterocycles. The monoisotopic (exact) mass is 307 g/mol. The Labute approximate surface area is 131 Å². The Balaban J connectivity index is 1.95. The topological polar surface area (TPSA) is 39.1 Å². The molecule has 1 N–H and O–H groups in total. The number of rotatable bonds is 7. The first-order chi connectivity index (χ1) is 10.1. The first-order valence-electron chi connectivity index (χ1n) is 7.21. The summed E-state index contributed by atoms with van der Waals surface area (Å²) in [5.74, 6) is 0.833. The normalized spacial score (nSPS) is 12.4. The summed E-state index contributed by atoms with van der Waals surface area (Å²) < 4.78 is 7.86. The maximum absolute atomic E-state index is 5.87. The van der Waals surface area contributed by atoms with Crippen LogP contribution in [0.4, 0.5) is 0 Å². The highest BCUT2D eigenvalue weighted by atomic mass is 35.5. The average molecular weight is 308 g/mol. The summed E-state index contributed by atoms with van der Waals surface area (Å²) in [5, 5.41) is 8.50. The molecule has 0 radical (unpaired) electrons. The van der Waals surface area contributed by atoms with Crippen molar-refractivity contribution in [2.75, 3.05) is 13.7 Å². The molecule has 0 spiro atoms. The third-order valence-electron chi connectivity index (χ3n) is 3.41. The van der Waals surface area contributed by atoms with E-state index in [2.05, 4.69) is 23.4 Å². The van der Waals surface area contributed by atoms with Gasteiger partial charge in [0.15, 0.2) is 0 Å². The maximum Gasteiger partial charge on any atom is 0.119 e. The van der Waals surface area contributed by atoms with Crippen LogP contribution in [0.25, 0.3) is 0 Å². The van der Waals surface area contributed by atoms with Crippen molar-refractivity contribution in [3.63, 3.8) is 0 Å². The van der Waals surface area contributed by atoms with E-state index in [1.54, 1.807) is 0 Å². The van der Waals surface area contributed by atoms with Gasteiger partial charge in [-0.25, -0.2) is 0 Å². The fourth-order valence-electron chi connectivity index (χ4n) is 2.26. The van der Waals surface area contributed by atoms with E-state index in [1.807, 2.05) is 42.9 Å². The predicted octanol–water partition coefficient (Wildman–Crippen LogP) is 3.07. The molecule has 0 aliphatic rings. The quantitative estimate of drug-likeness (QED) is 0.854. The summed E-state index contributed by atoms with van der Waals surface area (Å²) in [4.78, 5) is 0. The lowest BCUT2D eigenvalue weighted by Gasteiger charge is -2.17.